The summed E-state index contributed by atoms with van der Waals surface area (Å²) in [5.74, 6) is 0.0440. The fourth-order valence-corrected chi connectivity index (χ4v) is 1.33. The summed E-state index contributed by atoms with van der Waals surface area (Å²) in [4.78, 5) is 11.4. The highest BCUT2D eigenvalue weighted by Crippen LogP contribution is 2.17. The lowest BCUT2D eigenvalue weighted by Gasteiger charge is -2.04. The van der Waals surface area contributed by atoms with E-state index < -0.39 is 0 Å². The van der Waals surface area contributed by atoms with Crippen LogP contribution in [0.2, 0.25) is 0 Å². The zero-order chi connectivity index (χ0) is 10.7. The first-order valence-corrected chi connectivity index (χ1v) is 5.24. The molecule has 2 rings (SSSR count). The van der Waals surface area contributed by atoms with Crippen LogP contribution in [0.3, 0.4) is 0 Å². The summed E-state index contributed by atoms with van der Waals surface area (Å²) in [7, 11) is 0. The number of amides is 1. The number of nitrogens with zero attached hydrogens (tertiary/aromatic N) is 1. The molecule has 82 valence electrons. The van der Waals surface area contributed by atoms with E-state index in [1.165, 1.54) is 12.8 Å². The number of hydrogen-bond acceptors (Lipinski definition) is 3. The normalized spacial score (nSPS) is 15.3. The average Bonchev–Trinajstić information content (AvgIpc) is 2.96. The summed E-state index contributed by atoms with van der Waals surface area (Å²) in [5.41, 5.74) is 2.04. The Balaban J connectivity index is 1.68. The van der Waals surface area contributed by atoms with Crippen LogP contribution < -0.4 is 10.6 Å². The minimum Gasteiger partial charge on any atom is -0.351 e. The first-order valence-electron chi connectivity index (χ1n) is 5.24. The summed E-state index contributed by atoms with van der Waals surface area (Å²) >= 11 is 0. The summed E-state index contributed by atoms with van der Waals surface area (Å²) in [5, 5.41) is 12.7. The van der Waals surface area contributed by atoms with Crippen molar-refractivity contribution in [2.75, 3.05) is 6.54 Å². The smallest absolute Gasteiger partial charge is 0.234 e. The molecule has 1 amide bonds. The zero-order valence-corrected chi connectivity index (χ0v) is 8.84. The van der Waals surface area contributed by atoms with Gasteiger partial charge in [-0.05, 0) is 19.8 Å². The van der Waals surface area contributed by atoms with Crippen LogP contribution in [0.4, 0.5) is 0 Å². The standard InChI is InChI=1S/C10H16N4O/c1-7-8(5-13-14-7)4-12-10(15)6-11-9-2-3-9/h5,9,11H,2-4,6H2,1H3,(H,12,15)(H,13,14). The molecule has 0 bridgehead atoms. The van der Waals surface area contributed by atoms with Crippen LogP contribution in [-0.2, 0) is 11.3 Å². The lowest BCUT2D eigenvalue weighted by molar-refractivity contribution is -0.120. The number of aromatic amines is 1. The maximum atomic E-state index is 11.4. The summed E-state index contributed by atoms with van der Waals surface area (Å²) in [6.45, 7) is 2.91. The van der Waals surface area contributed by atoms with Gasteiger partial charge in [-0.2, -0.15) is 5.10 Å². The van der Waals surface area contributed by atoms with Crippen LogP contribution >= 0.6 is 0 Å². The Bertz CT molecular complexity index is 343. The molecular weight excluding hydrogens is 192 g/mol. The molecule has 1 aliphatic rings. The van der Waals surface area contributed by atoms with Crippen molar-refractivity contribution in [2.24, 2.45) is 0 Å². The van der Waals surface area contributed by atoms with Gasteiger partial charge in [0.25, 0.3) is 0 Å². The van der Waals surface area contributed by atoms with E-state index in [0.717, 1.165) is 11.3 Å². The third-order valence-corrected chi connectivity index (χ3v) is 2.54. The van der Waals surface area contributed by atoms with Crippen molar-refractivity contribution in [1.82, 2.24) is 20.8 Å². The van der Waals surface area contributed by atoms with E-state index in [1.54, 1.807) is 6.20 Å². The topological polar surface area (TPSA) is 69.8 Å². The SMILES string of the molecule is Cc1[nH]ncc1CNC(=O)CNC1CC1. The Kier molecular flexibility index (Phi) is 3.01. The largest absolute Gasteiger partial charge is 0.351 e. The average molecular weight is 208 g/mol. The van der Waals surface area contributed by atoms with E-state index in [2.05, 4.69) is 20.8 Å². The number of nitrogens with one attached hydrogen (secondary N) is 3. The summed E-state index contributed by atoms with van der Waals surface area (Å²) in [6, 6.07) is 0.575. The van der Waals surface area contributed by atoms with E-state index in [9.17, 15) is 4.79 Å². The Hall–Kier alpha value is -1.36. The number of carbonyl (C=O) groups is 1. The van der Waals surface area contributed by atoms with Crippen molar-refractivity contribution in [2.45, 2.75) is 32.4 Å². The quantitative estimate of drug-likeness (QED) is 0.642. The van der Waals surface area contributed by atoms with Crippen molar-refractivity contribution in [3.8, 4) is 0 Å². The van der Waals surface area contributed by atoms with Crippen molar-refractivity contribution in [3.05, 3.63) is 17.5 Å². The van der Waals surface area contributed by atoms with Gasteiger partial charge >= 0.3 is 0 Å². The first-order chi connectivity index (χ1) is 7.25. The molecule has 0 spiro atoms. The van der Waals surface area contributed by atoms with Gasteiger partial charge in [0.1, 0.15) is 0 Å². The second-order valence-corrected chi connectivity index (χ2v) is 3.95. The first kappa shape index (κ1) is 10.2. The molecule has 5 nitrogen and oxygen atoms in total. The van der Waals surface area contributed by atoms with E-state index in [0.29, 0.717) is 19.1 Å². The second kappa shape index (κ2) is 4.44. The molecule has 15 heavy (non-hydrogen) atoms. The van der Waals surface area contributed by atoms with Gasteiger partial charge in [-0.15, -0.1) is 0 Å². The van der Waals surface area contributed by atoms with Gasteiger partial charge in [-0.1, -0.05) is 0 Å². The molecule has 1 heterocycles. The zero-order valence-electron chi connectivity index (χ0n) is 8.84. The van der Waals surface area contributed by atoms with E-state index in [4.69, 9.17) is 0 Å². The summed E-state index contributed by atoms with van der Waals surface area (Å²) < 4.78 is 0. The number of aryl methyl sites for hydroxylation is 1. The second-order valence-electron chi connectivity index (χ2n) is 3.95. The predicted molar refractivity (Wildman–Crippen MR) is 56.2 cm³/mol. The Morgan fingerprint density at radius 1 is 1.67 bits per heavy atom. The van der Waals surface area contributed by atoms with Crippen LogP contribution in [0, 0.1) is 6.92 Å². The Labute approximate surface area is 88.6 Å². The van der Waals surface area contributed by atoms with E-state index >= 15 is 0 Å². The van der Waals surface area contributed by atoms with Crippen LogP contribution in [-0.4, -0.2) is 28.7 Å². The number of aromatic nitrogens is 2. The molecule has 1 fully saturated rings. The molecule has 1 aromatic heterocycles. The van der Waals surface area contributed by atoms with Crippen molar-refractivity contribution in [3.63, 3.8) is 0 Å². The van der Waals surface area contributed by atoms with E-state index in [-0.39, 0.29) is 5.91 Å². The van der Waals surface area contributed by atoms with Crippen molar-refractivity contribution in [1.29, 1.82) is 0 Å². The van der Waals surface area contributed by atoms with Gasteiger partial charge < -0.3 is 10.6 Å². The minimum absolute atomic E-state index is 0.0440. The maximum Gasteiger partial charge on any atom is 0.234 e. The molecule has 5 heteroatoms. The van der Waals surface area contributed by atoms with Crippen molar-refractivity contribution >= 4 is 5.91 Å². The lowest BCUT2D eigenvalue weighted by atomic mass is 10.2. The highest BCUT2D eigenvalue weighted by molar-refractivity contribution is 5.78. The Morgan fingerprint density at radius 2 is 2.47 bits per heavy atom. The molecular formula is C10H16N4O. The molecule has 0 aliphatic heterocycles. The van der Waals surface area contributed by atoms with Crippen LogP contribution in [0.1, 0.15) is 24.1 Å². The molecule has 0 saturated heterocycles. The number of carbonyl (C=O) groups excluding carboxylic acids is 1. The molecule has 0 radical (unpaired) electrons. The van der Waals surface area contributed by atoms with Gasteiger partial charge in [0.05, 0.1) is 12.7 Å². The van der Waals surface area contributed by atoms with Crippen LogP contribution in [0.25, 0.3) is 0 Å². The van der Waals surface area contributed by atoms with E-state index in [1.807, 2.05) is 6.92 Å². The highest BCUT2D eigenvalue weighted by atomic mass is 16.1. The molecule has 0 aromatic carbocycles. The minimum atomic E-state index is 0.0440. The number of H-pyrrole nitrogens is 1. The number of rotatable bonds is 5. The lowest BCUT2D eigenvalue weighted by Crippen LogP contribution is -2.34. The fourth-order valence-electron chi connectivity index (χ4n) is 1.33. The van der Waals surface area contributed by atoms with Crippen LogP contribution in [0.5, 0.6) is 0 Å². The maximum absolute atomic E-state index is 11.4. The molecule has 0 unspecified atom stereocenters. The van der Waals surface area contributed by atoms with Crippen molar-refractivity contribution < 1.29 is 4.79 Å². The predicted octanol–water partition coefficient (Wildman–Crippen LogP) is 0.0863. The monoisotopic (exact) mass is 208 g/mol. The summed E-state index contributed by atoms with van der Waals surface area (Å²) in [6.07, 6.45) is 4.15. The molecule has 0 atom stereocenters. The molecule has 1 aromatic rings. The molecule has 1 saturated carbocycles. The third kappa shape index (κ3) is 3.06. The van der Waals surface area contributed by atoms with Gasteiger partial charge in [0, 0.05) is 23.8 Å². The Morgan fingerprint density at radius 3 is 3.07 bits per heavy atom. The van der Waals surface area contributed by atoms with Crippen LogP contribution in [0.15, 0.2) is 6.20 Å². The fraction of sp³-hybridized carbons (Fsp3) is 0.600. The van der Waals surface area contributed by atoms with Gasteiger partial charge in [-0.3, -0.25) is 9.89 Å². The molecule has 1 aliphatic carbocycles. The van der Waals surface area contributed by atoms with Gasteiger partial charge in [0.2, 0.25) is 5.91 Å². The molecule has 3 N–H and O–H groups in total. The number of hydrogen-bond donors (Lipinski definition) is 3. The van der Waals surface area contributed by atoms with Gasteiger partial charge in [-0.25, -0.2) is 0 Å². The van der Waals surface area contributed by atoms with Gasteiger partial charge in [0.15, 0.2) is 0 Å². The third-order valence-electron chi connectivity index (χ3n) is 2.54. The highest BCUT2D eigenvalue weighted by Gasteiger charge is 2.20.